The Bertz CT molecular complexity index is 4340. The summed E-state index contributed by atoms with van der Waals surface area (Å²) in [6.45, 7) is 28.3. The lowest BCUT2D eigenvalue weighted by molar-refractivity contribution is 0.397. The molecule has 0 aliphatic heterocycles. The number of benzene rings is 12. The third-order valence-electron chi connectivity index (χ3n) is 21.2. The van der Waals surface area contributed by atoms with Crippen LogP contribution in [0.15, 0.2) is 316 Å². The maximum Gasteiger partial charge on any atom is 0.0462 e. The second kappa shape index (κ2) is 39.2. The molecule has 0 aromatic heterocycles. The van der Waals surface area contributed by atoms with E-state index in [4.69, 9.17) is 0 Å². The molecule has 0 N–H and O–H groups in total. The molecule has 2 heteroatoms. The van der Waals surface area contributed by atoms with Crippen LogP contribution in [0.2, 0.25) is 0 Å². The third kappa shape index (κ3) is 19.8. The number of para-hydroxylation sites is 2. The highest BCUT2D eigenvalue weighted by Crippen LogP contribution is 2.56. The highest BCUT2D eigenvalue weighted by Gasteiger charge is 2.44. The molecule has 12 aromatic carbocycles. The van der Waals surface area contributed by atoms with Gasteiger partial charge < -0.3 is 9.80 Å². The lowest BCUT2D eigenvalue weighted by Gasteiger charge is -2.33. The van der Waals surface area contributed by atoms with Crippen molar-refractivity contribution < 1.29 is 0 Å². The van der Waals surface area contributed by atoms with E-state index in [-0.39, 0.29) is 10.8 Å². The van der Waals surface area contributed by atoms with Crippen LogP contribution in [0.4, 0.5) is 34.1 Å². The number of hydrogen-bond acceptors (Lipinski definition) is 2. The predicted octanol–water partition coefficient (Wildman–Crippen LogP) is 30.4. The summed E-state index contributed by atoms with van der Waals surface area (Å²) in [5.41, 5.74) is 32.2. The number of unbranched alkanes of at least 4 members (excludes halogenated alkanes) is 10. The van der Waals surface area contributed by atoms with E-state index in [0.717, 1.165) is 47.0 Å². The van der Waals surface area contributed by atoms with E-state index >= 15 is 0 Å². The number of fused-ring (bicyclic) bond motifs is 6. The largest absolute Gasteiger partial charge is 0.311 e. The average Bonchev–Trinajstić information content (AvgIpc) is 1.57. The zero-order valence-corrected chi connectivity index (χ0v) is 65.5. The van der Waals surface area contributed by atoms with Gasteiger partial charge in [0.2, 0.25) is 0 Å². The summed E-state index contributed by atoms with van der Waals surface area (Å²) < 4.78 is 0. The summed E-state index contributed by atoms with van der Waals surface area (Å²) in [7, 11) is 0. The molecule has 2 aliphatic rings. The minimum Gasteiger partial charge on any atom is -0.311 e. The van der Waals surface area contributed by atoms with Crippen molar-refractivity contribution in [2.24, 2.45) is 0 Å². The Morgan fingerprint density at radius 1 is 0.264 bits per heavy atom. The van der Waals surface area contributed by atoms with Gasteiger partial charge in [0.05, 0.1) is 0 Å². The zero-order chi connectivity index (χ0) is 74.7. The molecular weight excluding hydrogens is 1280 g/mol. The molecule has 2 nitrogen and oxygen atoms in total. The maximum absolute atomic E-state index is 3.36. The smallest absolute Gasteiger partial charge is 0.0462 e. The first-order chi connectivity index (χ1) is 51.8. The first kappa shape index (κ1) is 78.3. The third-order valence-corrected chi connectivity index (χ3v) is 21.2. The highest BCUT2D eigenvalue weighted by atomic mass is 15.1. The predicted molar refractivity (Wildman–Crippen MR) is 463 cm³/mol. The Kier molecular flexibility index (Phi) is 28.9. The monoisotopic (exact) mass is 1390 g/mol. The van der Waals surface area contributed by atoms with Gasteiger partial charge in [-0.15, -0.1) is 13.2 Å². The molecule has 0 bridgehead atoms. The number of nitrogens with zero attached hydrogens (tertiary/aromatic N) is 2. The molecule has 12 aromatic rings. The molecule has 106 heavy (non-hydrogen) atoms. The summed E-state index contributed by atoms with van der Waals surface area (Å²) in [5, 5.41) is 0. The van der Waals surface area contributed by atoms with Crippen LogP contribution in [0, 0.1) is 41.5 Å². The van der Waals surface area contributed by atoms with Crippen molar-refractivity contribution >= 4 is 34.1 Å². The van der Waals surface area contributed by atoms with Crippen LogP contribution >= 0.6 is 0 Å². The van der Waals surface area contributed by atoms with Crippen LogP contribution in [0.5, 0.6) is 0 Å². The SMILES string of the molecule is C=CC.C=CC.CCCCCCCCC1(CCCCCCCC)c2cc(C)ccc2-c2ccc(C)cc21.Cc1ccc(N(c2ccccc2)c2ccc(-c3ccc(N(c4ccccc4)c4ccc(C)cc4)cc3)cc2)cc1.Cc1ccc2c(c1)C(Cc1ccccc1)(Cc1ccccc1)c1cc(C)ccc1-2. The van der Waals surface area contributed by atoms with Crippen LogP contribution in [0.1, 0.15) is 184 Å². The van der Waals surface area contributed by atoms with Crippen LogP contribution in [-0.4, -0.2) is 0 Å². The first-order valence-electron chi connectivity index (χ1n) is 39.5. The van der Waals surface area contributed by atoms with E-state index in [2.05, 4.69) is 370 Å². The molecule has 0 spiro atoms. The van der Waals surface area contributed by atoms with Gasteiger partial charge in [-0.25, -0.2) is 0 Å². The lowest BCUT2D eigenvalue weighted by Crippen LogP contribution is -2.31. The van der Waals surface area contributed by atoms with Crippen molar-refractivity contribution in [2.45, 2.75) is 183 Å². The molecule has 0 unspecified atom stereocenters. The lowest BCUT2D eigenvalue weighted by atomic mass is 9.69. The van der Waals surface area contributed by atoms with Crippen molar-refractivity contribution in [1.82, 2.24) is 0 Å². The van der Waals surface area contributed by atoms with E-state index < -0.39 is 0 Å². The molecule has 0 fully saturated rings. The van der Waals surface area contributed by atoms with E-state index in [1.54, 1.807) is 23.3 Å². The summed E-state index contributed by atoms with van der Waals surface area (Å²) in [4.78, 5) is 4.59. The van der Waals surface area contributed by atoms with Gasteiger partial charge in [-0.2, -0.15) is 0 Å². The Hall–Kier alpha value is -10.3. The Morgan fingerprint density at radius 3 is 0.792 bits per heavy atom. The van der Waals surface area contributed by atoms with Gasteiger partial charge in [0.1, 0.15) is 0 Å². The molecule has 0 amide bonds. The van der Waals surface area contributed by atoms with Crippen molar-refractivity contribution in [1.29, 1.82) is 0 Å². The molecule has 0 heterocycles. The normalized spacial score (nSPS) is 12.1. The topological polar surface area (TPSA) is 6.48 Å². The van der Waals surface area contributed by atoms with Gasteiger partial charge in [0.25, 0.3) is 0 Å². The Morgan fingerprint density at radius 2 is 0.500 bits per heavy atom. The van der Waals surface area contributed by atoms with Crippen molar-refractivity contribution in [3.8, 4) is 33.4 Å². The molecule has 0 radical (unpaired) electrons. The summed E-state index contributed by atoms with van der Waals surface area (Å²) in [5.74, 6) is 0. The van der Waals surface area contributed by atoms with Gasteiger partial charge in [0, 0.05) is 45.0 Å². The molecular formula is C104H116N2. The second-order valence-electron chi connectivity index (χ2n) is 29.6. The quantitative estimate of drug-likeness (QED) is 0.0416. The van der Waals surface area contributed by atoms with E-state index in [9.17, 15) is 0 Å². The molecule has 542 valence electrons. The molecule has 0 saturated carbocycles. The second-order valence-corrected chi connectivity index (χ2v) is 29.6. The Balaban J connectivity index is 0.000000166. The fourth-order valence-corrected chi connectivity index (χ4v) is 15.9. The van der Waals surface area contributed by atoms with Crippen molar-refractivity contribution in [3.05, 3.63) is 383 Å². The van der Waals surface area contributed by atoms with Crippen LogP contribution in [-0.2, 0) is 23.7 Å². The maximum atomic E-state index is 3.36. The van der Waals surface area contributed by atoms with Crippen LogP contribution in [0.25, 0.3) is 33.4 Å². The van der Waals surface area contributed by atoms with Gasteiger partial charge >= 0.3 is 0 Å². The summed E-state index contributed by atoms with van der Waals surface area (Å²) in [6, 6.07) is 107. The van der Waals surface area contributed by atoms with E-state index in [1.807, 2.05) is 13.8 Å². The van der Waals surface area contributed by atoms with Gasteiger partial charge in [-0.3, -0.25) is 0 Å². The number of allylic oxidation sites excluding steroid dienone is 2. The first-order valence-corrected chi connectivity index (χ1v) is 39.5. The van der Waals surface area contributed by atoms with E-state index in [0.29, 0.717) is 0 Å². The number of hydrogen-bond donors (Lipinski definition) is 0. The average molecular weight is 1390 g/mol. The minimum atomic E-state index is -0.0502. The van der Waals surface area contributed by atoms with Crippen molar-refractivity contribution in [2.75, 3.05) is 9.80 Å². The summed E-state index contributed by atoms with van der Waals surface area (Å²) in [6.07, 6.45) is 24.8. The number of anilines is 6. The molecule has 14 rings (SSSR count). The zero-order valence-electron chi connectivity index (χ0n) is 65.5. The van der Waals surface area contributed by atoms with Crippen LogP contribution < -0.4 is 9.80 Å². The van der Waals surface area contributed by atoms with Gasteiger partial charge in [-0.05, 0) is 221 Å². The van der Waals surface area contributed by atoms with Crippen molar-refractivity contribution in [3.63, 3.8) is 0 Å². The molecule has 0 saturated heterocycles. The standard InChI is InChI=1S/C38H32N2.C31H46.C29H26.2C3H6/c1-29-13-21-35(22-14-29)39(33-9-5-3-6-10-33)37-25-17-31(18-26-37)32-19-27-38(28-20-32)40(34-11-7-4-8-12-34)36-23-15-30(2)16-24-36;1-5-7-9-11-13-15-21-31(22-16-14-12-10-8-6-2)29-23-25(3)17-19-27(29)28-20-18-26(4)24-30(28)31;1-21-13-15-25-26-16-14-22(2)18-28(26)29(27(25)17-21,19-23-9-5-3-6-10-23)20-24-11-7-4-8-12-24;2*1-3-2/h3-28H,1-2H3;17-20,23-24H,5-16,21-22H2,1-4H3;3-18H,19-20H2,1-2H3;2*3H,1H2,2H3. The molecule has 0 atom stereocenters. The summed E-state index contributed by atoms with van der Waals surface area (Å²) >= 11 is 0. The fraction of sp³-hybridized carbons (Fsp3) is 0.269. The highest BCUT2D eigenvalue weighted by molar-refractivity contribution is 5.85. The Labute approximate surface area is 639 Å². The van der Waals surface area contributed by atoms with Crippen LogP contribution in [0.3, 0.4) is 0 Å². The minimum absolute atomic E-state index is 0.0502. The van der Waals surface area contributed by atoms with Gasteiger partial charge in [0.15, 0.2) is 0 Å². The fourth-order valence-electron chi connectivity index (χ4n) is 15.9. The number of aryl methyl sites for hydroxylation is 6. The van der Waals surface area contributed by atoms with E-state index in [1.165, 1.54) is 179 Å². The molecule has 2 aliphatic carbocycles. The number of rotatable bonds is 25. The van der Waals surface area contributed by atoms with Gasteiger partial charge in [-0.1, -0.05) is 355 Å².